The van der Waals surface area contributed by atoms with Crippen LogP contribution in [0.4, 0.5) is 0 Å². The molecule has 0 aliphatic rings. The Morgan fingerprint density at radius 1 is 1.92 bits per heavy atom. The average Bonchev–Trinajstić information content (AvgIpc) is 2.38. The molecular weight excluding hydrogens is 164 g/mol. The number of imidazole rings is 1. The molecule has 1 N–H and O–H groups in total. The summed E-state index contributed by atoms with van der Waals surface area (Å²) in [4.78, 5) is 13.1. The number of aromatic nitrogens is 2. The molecule has 0 aromatic carbocycles. The lowest BCUT2D eigenvalue weighted by molar-refractivity contribution is -0.351. The number of hydrogen-bond acceptors (Lipinski definition) is 5. The first-order valence-electron chi connectivity index (χ1n) is 3.00. The summed E-state index contributed by atoms with van der Waals surface area (Å²) in [5.41, 5.74) is 0.155. The van der Waals surface area contributed by atoms with Crippen LogP contribution in [0.15, 0.2) is 17.7 Å². The molecule has 0 atom stereocenters. The van der Waals surface area contributed by atoms with Crippen molar-refractivity contribution in [1.29, 1.82) is 0 Å². The van der Waals surface area contributed by atoms with Crippen LogP contribution in [-0.2, 0) is 7.05 Å². The lowest BCUT2D eigenvalue weighted by Crippen LogP contribution is -2.16. The van der Waals surface area contributed by atoms with Crippen LogP contribution in [0.3, 0.4) is 0 Å². The lowest BCUT2D eigenvalue weighted by Gasteiger charge is -1.95. The zero-order valence-corrected chi connectivity index (χ0v) is 6.21. The second-order valence-corrected chi connectivity index (χ2v) is 2.07. The molecule has 0 saturated heterocycles. The first-order valence-corrected chi connectivity index (χ1v) is 3.00. The Bertz CT molecular complexity index is 329. The van der Waals surface area contributed by atoms with Crippen LogP contribution in [0.2, 0.25) is 0 Å². The van der Waals surface area contributed by atoms with E-state index in [1.807, 2.05) is 0 Å². The molecule has 1 heterocycles. The summed E-state index contributed by atoms with van der Waals surface area (Å²) < 4.78 is 1.39. The van der Waals surface area contributed by atoms with Crippen molar-refractivity contribution < 1.29 is 10.1 Å². The third-order valence-electron chi connectivity index (χ3n) is 1.31. The predicted octanol–water partition coefficient (Wildman–Crippen LogP) is -0.167. The van der Waals surface area contributed by atoms with Crippen LogP contribution in [0, 0.1) is 10.1 Å². The van der Waals surface area contributed by atoms with Gasteiger partial charge in [0, 0.05) is 7.05 Å². The maximum Gasteiger partial charge on any atom is 0.434 e. The number of amidine groups is 1. The standard InChI is InChI=1S/C5H6N4O3/c1-8-3-6-2-4(8)5(7-10)9(11)12/h2-3,10H,1H3/b7-5-. The summed E-state index contributed by atoms with van der Waals surface area (Å²) in [7, 11) is 1.57. The molecule has 0 aliphatic heterocycles. The molecule has 12 heavy (non-hydrogen) atoms. The Balaban J connectivity index is 3.13. The quantitative estimate of drug-likeness (QED) is 0.208. The van der Waals surface area contributed by atoms with Gasteiger partial charge in [0.05, 0.1) is 12.5 Å². The second kappa shape index (κ2) is 2.99. The van der Waals surface area contributed by atoms with Crippen LogP contribution >= 0.6 is 0 Å². The molecule has 64 valence electrons. The van der Waals surface area contributed by atoms with Gasteiger partial charge in [0.2, 0.25) is 0 Å². The molecule has 1 rings (SSSR count). The molecule has 0 radical (unpaired) electrons. The Morgan fingerprint density at radius 3 is 2.92 bits per heavy atom. The lowest BCUT2D eigenvalue weighted by atomic mass is 10.4. The fourth-order valence-corrected chi connectivity index (χ4v) is 0.754. The smallest absolute Gasteiger partial charge is 0.358 e. The Kier molecular flexibility index (Phi) is 2.04. The monoisotopic (exact) mass is 170 g/mol. The van der Waals surface area contributed by atoms with E-state index in [4.69, 9.17) is 5.21 Å². The highest BCUT2D eigenvalue weighted by molar-refractivity contribution is 5.89. The fraction of sp³-hybridized carbons (Fsp3) is 0.200. The molecule has 0 amide bonds. The number of hydrogen-bond donors (Lipinski definition) is 1. The molecule has 0 fully saturated rings. The Morgan fingerprint density at radius 2 is 2.58 bits per heavy atom. The summed E-state index contributed by atoms with van der Waals surface area (Å²) in [6.07, 6.45) is 2.63. The minimum atomic E-state index is -0.781. The van der Waals surface area contributed by atoms with E-state index < -0.39 is 10.8 Å². The van der Waals surface area contributed by atoms with Crippen LogP contribution in [0.25, 0.3) is 0 Å². The largest absolute Gasteiger partial charge is 0.434 e. The van der Waals surface area contributed by atoms with E-state index in [1.54, 1.807) is 7.05 Å². The molecule has 0 bridgehead atoms. The van der Waals surface area contributed by atoms with Gasteiger partial charge in [0.25, 0.3) is 0 Å². The van der Waals surface area contributed by atoms with E-state index in [0.29, 0.717) is 0 Å². The maximum atomic E-state index is 10.3. The van der Waals surface area contributed by atoms with Crippen LogP contribution < -0.4 is 0 Å². The number of rotatable bonds is 1. The summed E-state index contributed by atoms with van der Waals surface area (Å²) in [5.74, 6) is -0.616. The van der Waals surface area contributed by atoms with Gasteiger partial charge < -0.3 is 19.9 Å². The van der Waals surface area contributed by atoms with E-state index in [9.17, 15) is 10.1 Å². The maximum absolute atomic E-state index is 10.3. The molecule has 0 spiro atoms. The average molecular weight is 170 g/mol. The van der Waals surface area contributed by atoms with E-state index in [-0.39, 0.29) is 5.69 Å². The van der Waals surface area contributed by atoms with E-state index in [1.165, 1.54) is 17.1 Å². The summed E-state index contributed by atoms with van der Waals surface area (Å²) in [6, 6.07) is 0. The van der Waals surface area contributed by atoms with Crippen molar-refractivity contribution in [3.8, 4) is 0 Å². The van der Waals surface area contributed by atoms with Gasteiger partial charge in [-0.3, -0.25) is 0 Å². The molecule has 7 nitrogen and oxygen atoms in total. The van der Waals surface area contributed by atoms with E-state index in [0.717, 1.165) is 0 Å². The van der Waals surface area contributed by atoms with Crippen LogP contribution in [0.5, 0.6) is 0 Å². The summed E-state index contributed by atoms with van der Waals surface area (Å²) in [6.45, 7) is 0. The van der Waals surface area contributed by atoms with Crippen molar-refractivity contribution in [2.75, 3.05) is 0 Å². The van der Waals surface area contributed by atoms with Crippen molar-refractivity contribution in [3.05, 3.63) is 28.3 Å². The van der Waals surface area contributed by atoms with Crippen molar-refractivity contribution in [1.82, 2.24) is 9.55 Å². The molecule has 0 saturated carbocycles. The van der Waals surface area contributed by atoms with Crippen molar-refractivity contribution in [2.45, 2.75) is 0 Å². The van der Waals surface area contributed by atoms with E-state index in [2.05, 4.69) is 10.1 Å². The molecule has 1 aromatic rings. The predicted molar refractivity (Wildman–Crippen MR) is 38.5 cm³/mol. The van der Waals surface area contributed by atoms with Crippen LogP contribution in [-0.4, -0.2) is 25.5 Å². The molecule has 0 aliphatic carbocycles. The highest BCUT2D eigenvalue weighted by Gasteiger charge is 2.19. The van der Waals surface area contributed by atoms with Gasteiger partial charge in [-0.2, -0.15) is 0 Å². The van der Waals surface area contributed by atoms with Gasteiger partial charge in [-0.1, -0.05) is 0 Å². The zero-order valence-electron chi connectivity index (χ0n) is 6.21. The highest BCUT2D eigenvalue weighted by Crippen LogP contribution is 1.99. The van der Waals surface area contributed by atoms with Gasteiger partial charge in [-0.25, -0.2) is 4.98 Å². The minimum absolute atomic E-state index is 0.155. The molecule has 1 aromatic heterocycles. The summed E-state index contributed by atoms with van der Waals surface area (Å²) in [5, 5.41) is 21.1. The number of oxime groups is 1. The van der Waals surface area contributed by atoms with Gasteiger partial charge in [0.15, 0.2) is 10.8 Å². The van der Waals surface area contributed by atoms with Gasteiger partial charge in [0.1, 0.15) is 0 Å². The Hall–Kier alpha value is -1.92. The van der Waals surface area contributed by atoms with Crippen molar-refractivity contribution in [3.63, 3.8) is 0 Å². The fourth-order valence-electron chi connectivity index (χ4n) is 0.754. The van der Waals surface area contributed by atoms with Gasteiger partial charge in [-0.05, 0) is 4.92 Å². The zero-order chi connectivity index (χ0) is 9.14. The van der Waals surface area contributed by atoms with Crippen molar-refractivity contribution >= 4 is 5.84 Å². The molecule has 7 heteroatoms. The number of aryl methyl sites for hydroxylation is 1. The first-order chi connectivity index (χ1) is 5.66. The summed E-state index contributed by atoms with van der Waals surface area (Å²) >= 11 is 0. The third-order valence-corrected chi connectivity index (χ3v) is 1.31. The SMILES string of the molecule is Cn1cncc1/C(=N/O)[N+](=O)[O-]. The van der Waals surface area contributed by atoms with Crippen molar-refractivity contribution in [2.24, 2.45) is 12.2 Å². The second-order valence-electron chi connectivity index (χ2n) is 2.07. The minimum Gasteiger partial charge on any atom is -0.358 e. The number of nitro groups is 1. The van der Waals surface area contributed by atoms with E-state index >= 15 is 0 Å². The van der Waals surface area contributed by atoms with Gasteiger partial charge >= 0.3 is 5.84 Å². The Labute approximate surface area is 67.1 Å². The molecular formula is C5H6N4O3. The first kappa shape index (κ1) is 8.18. The van der Waals surface area contributed by atoms with Gasteiger partial charge in [-0.15, -0.1) is 0 Å². The normalized spacial score (nSPS) is 11.6. The number of nitrogens with zero attached hydrogens (tertiary/aromatic N) is 4. The van der Waals surface area contributed by atoms with Crippen LogP contribution in [0.1, 0.15) is 5.69 Å². The highest BCUT2D eigenvalue weighted by atomic mass is 16.6. The topological polar surface area (TPSA) is 93.5 Å². The third kappa shape index (κ3) is 1.24. The molecule has 0 unspecified atom stereocenters.